The maximum Gasteiger partial charge on any atom is 0.410 e. The van der Waals surface area contributed by atoms with Crippen LogP contribution >= 0.6 is 24.0 Å². The molecule has 2 heterocycles. The molecule has 1 amide bonds. The third-order valence-corrected chi connectivity index (χ3v) is 4.99. The molecular weight excluding hydrogens is 497 g/mol. The first kappa shape index (κ1) is 27.2. The van der Waals surface area contributed by atoms with Gasteiger partial charge in [0.25, 0.3) is 0 Å². The van der Waals surface area contributed by atoms with Crippen molar-refractivity contribution >= 4 is 36.0 Å². The molecule has 2 saturated heterocycles. The first-order chi connectivity index (χ1) is 13.8. The minimum absolute atomic E-state index is 0. The summed E-state index contributed by atoms with van der Waals surface area (Å²) in [6.07, 6.45) is 1.75. The summed E-state index contributed by atoms with van der Waals surface area (Å²) in [5.74, 6) is 1.31. The molecule has 8 nitrogen and oxygen atoms in total. The fraction of sp³-hybridized carbons (Fsp3) is 0.905. The van der Waals surface area contributed by atoms with Gasteiger partial charge in [-0.2, -0.15) is 0 Å². The molecule has 30 heavy (non-hydrogen) atoms. The molecule has 0 radical (unpaired) electrons. The van der Waals surface area contributed by atoms with E-state index in [4.69, 9.17) is 14.5 Å². The third kappa shape index (κ3) is 10.5. The van der Waals surface area contributed by atoms with E-state index in [1.165, 1.54) is 0 Å². The molecule has 9 heteroatoms. The summed E-state index contributed by atoms with van der Waals surface area (Å²) in [6.45, 7) is 17.7. The van der Waals surface area contributed by atoms with Gasteiger partial charge in [-0.15, -0.1) is 24.0 Å². The predicted molar refractivity (Wildman–Crippen MR) is 132 cm³/mol. The van der Waals surface area contributed by atoms with Crippen LogP contribution in [-0.4, -0.2) is 92.5 Å². The molecule has 0 bridgehead atoms. The Balaban J connectivity index is 0.00000450. The van der Waals surface area contributed by atoms with Crippen molar-refractivity contribution in [1.29, 1.82) is 0 Å². The van der Waals surface area contributed by atoms with Crippen LogP contribution in [0.15, 0.2) is 4.99 Å². The Kier molecular flexibility index (Phi) is 12.3. The van der Waals surface area contributed by atoms with Crippen LogP contribution in [0.1, 0.15) is 47.5 Å². The van der Waals surface area contributed by atoms with Crippen molar-refractivity contribution in [3.05, 3.63) is 0 Å². The number of rotatable bonds is 6. The summed E-state index contributed by atoms with van der Waals surface area (Å²) >= 11 is 0. The number of nitrogens with one attached hydrogen (secondary N) is 2. The summed E-state index contributed by atoms with van der Waals surface area (Å²) in [7, 11) is 0. The zero-order valence-corrected chi connectivity index (χ0v) is 21.7. The summed E-state index contributed by atoms with van der Waals surface area (Å²) in [4.78, 5) is 21.4. The van der Waals surface area contributed by atoms with Crippen LogP contribution in [0, 0.1) is 5.92 Å². The van der Waals surface area contributed by atoms with E-state index in [0.29, 0.717) is 12.5 Å². The standard InChI is InChI=1S/C21H41N5O3.HI/c1-6-22-19(23-14-17(2)15-25-10-12-28-13-11-25)24-18-8-7-9-26(16-18)20(27)29-21(3,4)5;/h17-18H,6-16H2,1-5H3,(H2,22,23,24);1H. The van der Waals surface area contributed by atoms with E-state index in [0.717, 1.165) is 71.3 Å². The number of guanidine groups is 1. The van der Waals surface area contributed by atoms with Gasteiger partial charge in [-0.1, -0.05) is 6.92 Å². The van der Waals surface area contributed by atoms with Crippen molar-refractivity contribution in [2.24, 2.45) is 10.9 Å². The van der Waals surface area contributed by atoms with Gasteiger partial charge in [-0.05, 0) is 46.5 Å². The summed E-state index contributed by atoms with van der Waals surface area (Å²) < 4.78 is 11.0. The Morgan fingerprint density at radius 3 is 2.60 bits per heavy atom. The lowest BCUT2D eigenvalue weighted by molar-refractivity contribution is 0.0193. The summed E-state index contributed by atoms with van der Waals surface area (Å²) in [5.41, 5.74) is -0.468. The molecule has 2 atom stereocenters. The Hall–Kier alpha value is -0.810. The molecule has 0 aliphatic carbocycles. The second kappa shape index (κ2) is 13.6. The van der Waals surface area contributed by atoms with Crippen LogP contribution in [0.3, 0.4) is 0 Å². The van der Waals surface area contributed by atoms with E-state index < -0.39 is 5.60 Å². The molecule has 2 aliphatic rings. The zero-order chi connectivity index (χ0) is 21.3. The van der Waals surface area contributed by atoms with Crippen LogP contribution < -0.4 is 10.6 Å². The van der Waals surface area contributed by atoms with Crippen LogP contribution in [0.5, 0.6) is 0 Å². The third-order valence-electron chi connectivity index (χ3n) is 4.99. The first-order valence-corrected chi connectivity index (χ1v) is 11.1. The fourth-order valence-corrected chi connectivity index (χ4v) is 3.63. The molecule has 0 saturated carbocycles. The van der Waals surface area contributed by atoms with Gasteiger partial charge in [0.1, 0.15) is 5.60 Å². The molecule has 2 fully saturated rings. The number of hydrogen-bond donors (Lipinski definition) is 2. The van der Waals surface area contributed by atoms with E-state index in [-0.39, 0.29) is 36.1 Å². The number of aliphatic imine (C=N–C) groups is 1. The molecule has 176 valence electrons. The number of hydrogen-bond acceptors (Lipinski definition) is 5. The summed E-state index contributed by atoms with van der Waals surface area (Å²) in [5, 5.41) is 6.86. The lowest BCUT2D eigenvalue weighted by Gasteiger charge is -2.35. The number of piperidine rings is 1. The van der Waals surface area contributed by atoms with Crippen LogP contribution in [0.4, 0.5) is 4.79 Å². The Labute approximate surface area is 199 Å². The van der Waals surface area contributed by atoms with E-state index in [9.17, 15) is 4.79 Å². The molecule has 0 aromatic carbocycles. The molecule has 2 aliphatic heterocycles. The van der Waals surface area contributed by atoms with Gasteiger partial charge >= 0.3 is 6.09 Å². The molecule has 0 spiro atoms. The lowest BCUT2D eigenvalue weighted by atomic mass is 10.1. The van der Waals surface area contributed by atoms with Crippen molar-refractivity contribution in [3.8, 4) is 0 Å². The van der Waals surface area contributed by atoms with Gasteiger partial charge in [0.15, 0.2) is 5.96 Å². The second-order valence-corrected chi connectivity index (χ2v) is 9.15. The monoisotopic (exact) mass is 539 g/mol. The van der Waals surface area contributed by atoms with Crippen molar-refractivity contribution in [3.63, 3.8) is 0 Å². The number of carbonyl (C=O) groups excluding carboxylic acids is 1. The smallest absolute Gasteiger partial charge is 0.410 e. The Bertz CT molecular complexity index is 535. The number of amides is 1. The number of likely N-dealkylation sites (tertiary alicyclic amines) is 1. The van der Waals surface area contributed by atoms with Gasteiger partial charge in [-0.25, -0.2) is 4.79 Å². The van der Waals surface area contributed by atoms with E-state index in [1.54, 1.807) is 4.90 Å². The van der Waals surface area contributed by atoms with Crippen molar-refractivity contribution in [1.82, 2.24) is 20.4 Å². The molecule has 2 rings (SSSR count). The predicted octanol–water partition coefficient (Wildman–Crippen LogP) is 2.53. The van der Waals surface area contributed by atoms with Crippen LogP contribution in [-0.2, 0) is 9.47 Å². The molecular formula is C21H42IN5O3. The highest BCUT2D eigenvalue weighted by Crippen LogP contribution is 2.15. The maximum absolute atomic E-state index is 12.4. The Morgan fingerprint density at radius 1 is 1.27 bits per heavy atom. The van der Waals surface area contributed by atoms with E-state index >= 15 is 0 Å². The number of nitrogens with zero attached hydrogens (tertiary/aromatic N) is 3. The molecule has 0 aromatic heterocycles. The topological polar surface area (TPSA) is 78.4 Å². The van der Waals surface area contributed by atoms with Gasteiger partial charge in [0.05, 0.1) is 13.2 Å². The van der Waals surface area contributed by atoms with E-state index in [2.05, 4.69) is 29.4 Å². The van der Waals surface area contributed by atoms with Crippen LogP contribution in [0.2, 0.25) is 0 Å². The highest BCUT2D eigenvalue weighted by atomic mass is 127. The molecule has 2 N–H and O–H groups in total. The zero-order valence-electron chi connectivity index (χ0n) is 19.4. The van der Waals surface area contributed by atoms with Gasteiger partial charge in [0.2, 0.25) is 0 Å². The van der Waals surface area contributed by atoms with Gasteiger partial charge < -0.3 is 25.0 Å². The highest BCUT2D eigenvalue weighted by molar-refractivity contribution is 14.0. The number of ether oxygens (including phenoxy) is 2. The maximum atomic E-state index is 12.4. The van der Waals surface area contributed by atoms with Crippen molar-refractivity contribution in [2.75, 3.05) is 59.0 Å². The van der Waals surface area contributed by atoms with Crippen molar-refractivity contribution < 1.29 is 14.3 Å². The minimum atomic E-state index is -0.468. The summed E-state index contributed by atoms with van der Waals surface area (Å²) in [6, 6.07) is 0.184. The van der Waals surface area contributed by atoms with E-state index in [1.807, 2.05) is 20.8 Å². The second-order valence-electron chi connectivity index (χ2n) is 9.15. The molecule has 2 unspecified atom stereocenters. The minimum Gasteiger partial charge on any atom is -0.444 e. The van der Waals surface area contributed by atoms with Crippen molar-refractivity contribution in [2.45, 2.75) is 59.1 Å². The average Bonchev–Trinajstić information content (AvgIpc) is 2.66. The van der Waals surface area contributed by atoms with Crippen LogP contribution in [0.25, 0.3) is 0 Å². The lowest BCUT2D eigenvalue weighted by Crippen LogP contribution is -2.53. The highest BCUT2D eigenvalue weighted by Gasteiger charge is 2.28. The fourth-order valence-electron chi connectivity index (χ4n) is 3.63. The Morgan fingerprint density at radius 2 is 1.97 bits per heavy atom. The largest absolute Gasteiger partial charge is 0.444 e. The number of carbonyl (C=O) groups is 1. The molecule has 0 aromatic rings. The normalized spacial score (nSPS) is 22.1. The van der Waals surface area contributed by atoms with Gasteiger partial charge in [0, 0.05) is 51.9 Å². The quantitative estimate of drug-likeness (QED) is 0.307. The first-order valence-electron chi connectivity index (χ1n) is 11.1. The number of halogens is 1. The number of morpholine rings is 1. The average molecular weight is 540 g/mol. The van der Waals surface area contributed by atoms with Gasteiger partial charge in [-0.3, -0.25) is 9.89 Å². The SMILES string of the molecule is CCNC(=NCC(C)CN1CCOCC1)NC1CCCN(C(=O)OC(C)(C)C)C1.I.